The van der Waals surface area contributed by atoms with E-state index in [0.717, 1.165) is 64.2 Å². The average Bonchev–Trinajstić information content (AvgIpc) is 2.90. The van der Waals surface area contributed by atoms with Gasteiger partial charge in [0.2, 0.25) is 5.91 Å². The van der Waals surface area contributed by atoms with E-state index in [1.807, 2.05) is 0 Å². The van der Waals surface area contributed by atoms with Crippen LogP contribution in [0.5, 0.6) is 0 Å². The van der Waals surface area contributed by atoms with E-state index in [-0.39, 0.29) is 12.3 Å². The first-order valence-electron chi connectivity index (χ1n) is 15.8. The second-order valence-electron chi connectivity index (χ2n) is 10.7. The molecule has 232 valence electrons. The maximum absolute atomic E-state index is 12.3. The van der Waals surface area contributed by atoms with Crippen LogP contribution in [0.1, 0.15) is 136 Å². The molecule has 40 heavy (non-hydrogen) atoms. The second-order valence-corrected chi connectivity index (χ2v) is 12.2. The molecule has 2 atom stereocenters. The van der Waals surface area contributed by atoms with E-state index in [1.165, 1.54) is 44.6 Å². The zero-order valence-electron chi connectivity index (χ0n) is 25.4. The van der Waals surface area contributed by atoms with Crippen LogP contribution in [-0.4, -0.2) is 41.9 Å². The molecule has 0 fully saturated rings. The third-order valence-corrected chi connectivity index (χ3v) is 7.47. The summed E-state index contributed by atoms with van der Waals surface area (Å²) in [6.07, 6.45) is 35.2. The third kappa shape index (κ3) is 27.9. The maximum atomic E-state index is 12.3. The molecule has 0 saturated carbocycles. The van der Waals surface area contributed by atoms with Crippen LogP contribution in [0.15, 0.2) is 48.6 Å². The minimum absolute atomic E-state index is 0.272. The number of allylic oxidation sites excluding steroid dienone is 7. The fraction of sp³-hybridized carbons (Fsp3) is 0.727. The van der Waals surface area contributed by atoms with E-state index >= 15 is 0 Å². The molecular weight excluding hydrogens is 522 g/mol. The van der Waals surface area contributed by atoms with E-state index in [0.29, 0.717) is 12.8 Å². The van der Waals surface area contributed by atoms with Gasteiger partial charge in [-0.3, -0.25) is 9.35 Å². The highest BCUT2D eigenvalue weighted by Crippen LogP contribution is 2.10. The van der Waals surface area contributed by atoms with Gasteiger partial charge in [0.25, 0.3) is 10.1 Å². The molecule has 0 spiro atoms. The predicted octanol–water partition coefficient (Wildman–Crippen LogP) is 8.40. The van der Waals surface area contributed by atoms with Gasteiger partial charge in [-0.1, -0.05) is 114 Å². The monoisotopic (exact) mass is 581 g/mol. The van der Waals surface area contributed by atoms with Crippen LogP contribution >= 0.6 is 0 Å². The Morgan fingerprint density at radius 1 is 0.650 bits per heavy atom. The van der Waals surface area contributed by atoms with Crippen molar-refractivity contribution >= 4 is 16.0 Å². The minimum atomic E-state index is -4.35. The Morgan fingerprint density at radius 2 is 1.12 bits per heavy atom. The highest BCUT2D eigenvalue weighted by molar-refractivity contribution is 7.85. The number of carbonyl (C=O) groups is 1. The molecular formula is C33H59NO5S. The first kappa shape index (κ1) is 38.3. The number of nitrogens with one attached hydrogen (secondary N) is 1. The third-order valence-electron chi connectivity index (χ3n) is 6.69. The van der Waals surface area contributed by atoms with Crippen LogP contribution in [0.4, 0.5) is 0 Å². The molecule has 7 heteroatoms. The summed E-state index contributed by atoms with van der Waals surface area (Å²) in [5.41, 5.74) is 0. The average molecular weight is 582 g/mol. The van der Waals surface area contributed by atoms with Gasteiger partial charge in [0.15, 0.2) is 0 Å². The van der Waals surface area contributed by atoms with Crippen LogP contribution in [0.25, 0.3) is 0 Å². The Hall–Kier alpha value is -1.70. The highest BCUT2D eigenvalue weighted by Gasteiger charge is 2.24. The fourth-order valence-electron chi connectivity index (χ4n) is 4.30. The van der Waals surface area contributed by atoms with Crippen LogP contribution in [0.2, 0.25) is 0 Å². The molecule has 0 radical (unpaired) electrons. The summed E-state index contributed by atoms with van der Waals surface area (Å²) >= 11 is 0. The zero-order valence-corrected chi connectivity index (χ0v) is 26.3. The van der Waals surface area contributed by atoms with Gasteiger partial charge in [0, 0.05) is 6.42 Å². The minimum Gasteiger partial charge on any atom is -0.387 e. The number of hydrogen-bond donors (Lipinski definition) is 3. The largest absolute Gasteiger partial charge is 0.387 e. The summed E-state index contributed by atoms with van der Waals surface area (Å²) in [5.74, 6) is -1.03. The lowest BCUT2D eigenvalue weighted by molar-refractivity contribution is -0.122. The van der Waals surface area contributed by atoms with E-state index in [1.54, 1.807) is 6.08 Å². The van der Waals surface area contributed by atoms with Crippen molar-refractivity contribution in [3.63, 3.8) is 0 Å². The lowest BCUT2D eigenvalue weighted by Gasteiger charge is -2.21. The topological polar surface area (TPSA) is 104 Å². The first-order chi connectivity index (χ1) is 19.3. The van der Waals surface area contributed by atoms with Crippen LogP contribution in [0.3, 0.4) is 0 Å². The van der Waals surface area contributed by atoms with Crippen molar-refractivity contribution in [3.05, 3.63) is 48.6 Å². The Bertz CT molecular complexity index is 817. The molecule has 0 heterocycles. The quantitative estimate of drug-likeness (QED) is 0.0513. The summed E-state index contributed by atoms with van der Waals surface area (Å²) in [6.45, 7) is 4.40. The molecule has 0 aliphatic rings. The molecule has 0 aromatic carbocycles. The molecule has 1 amide bonds. The number of carbonyl (C=O) groups excluding carboxylic acids is 1. The van der Waals surface area contributed by atoms with Crippen molar-refractivity contribution in [1.29, 1.82) is 0 Å². The van der Waals surface area contributed by atoms with Gasteiger partial charge in [-0.2, -0.15) is 8.42 Å². The molecule has 0 saturated heterocycles. The molecule has 0 rings (SSSR count). The van der Waals surface area contributed by atoms with Crippen molar-refractivity contribution in [2.24, 2.45) is 0 Å². The van der Waals surface area contributed by atoms with E-state index in [4.69, 9.17) is 0 Å². The van der Waals surface area contributed by atoms with Gasteiger partial charge in [-0.15, -0.1) is 0 Å². The number of aliphatic hydroxyl groups is 1. The molecule has 0 bridgehead atoms. The van der Waals surface area contributed by atoms with Crippen molar-refractivity contribution in [2.45, 2.75) is 148 Å². The Labute approximate surface area is 246 Å². The SMILES string of the molecule is CCC/C=C\CCCCCCCC(=O)NC(CS(=O)(=O)O)C(O)/C=C/CC/C=C/CC/C=C/CCCCCCC. The zero-order chi connectivity index (χ0) is 29.7. The second kappa shape index (κ2) is 27.5. The lowest BCUT2D eigenvalue weighted by atomic mass is 10.1. The number of aliphatic hydroxyl groups excluding tert-OH is 1. The maximum Gasteiger partial charge on any atom is 0.267 e. The summed E-state index contributed by atoms with van der Waals surface area (Å²) in [4.78, 5) is 12.3. The Morgan fingerprint density at radius 3 is 1.68 bits per heavy atom. The number of rotatable bonds is 27. The van der Waals surface area contributed by atoms with Crippen molar-refractivity contribution < 1.29 is 22.9 Å². The van der Waals surface area contributed by atoms with E-state index in [9.17, 15) is 22.9 Å². The number of unbranched alkanes of at least 4 members (excludes halogenated alkanes) is 13. The van der Waals surface area contributed by atoms with Crippen molar-refractivity contribution in [2.75, 3.05) is 5.75 Å². The molecule has 0 aliphatic carbocycles. The molecule has 0 aromatic heterocycles. The smallest absolute Gasteiger partial charge is 0.267 e. The van der Waals surface area contributed by atoms with Gasteiger partial charge in [-0.05, 0) is 64.2 Å². The fourth-order valence-corrected chi connectivity index (χ4v) is 5.04. The summed E-state index contributed by atoms with van der Waals surface area (Å²) in [6, 6.07) is -1.08. The molecule has 3 N–H and O–H groups in total. The summed E-state index contributed by atoms with van der Waals surface area (Å²) in [7, 11) is -4.35. The molecule has 2 unspecified atom stereocenters. The number of hydrogen-bond acceptors (Lipinski definition) is 4. The normalized spacial score (nSPS) is 14.2. The van der Waals surface area contributed by atoms with Crippen LogP contribution < -0.4 is 5.32 Å². The van der Waals surface area contributed by atoms with Crippen LogP contribution in [-0.2, 0) is 14.9 Å². The summed E-state index contributed by atoms with van der Waals surface area (Å²) < 4.78 is 32.2. The number of amides is 1. The van der Waals surface area contributed by atoms with Gasteiger partial charge in [0.05, 0.1) is 17.9 Å². The first-order valence-corrected chi connectivity index (χ1v) is 17.4. The lowest BCUT2D eigenvalue weighted by Crippen LogP contribution is -2.46. The van der Waals surface area contributed by atoms with Gasteiger partial charge < -0.3 is 10.4 Å². The van der Waals surface area contributed by atoms with Crippen LogP contribution in [0, 0.1) is 0 Å². The van der Waals surface area contributed by atoms with Gasteiger partial charge in [-0.25, -0.2) is 0 Å². The molecule has 6 nitrogen and oxygen atoms in total. The molecule has 0 aliphatic heterocycles. The van der Waals surface area contributed by atoms with Gasteiger partial charge >= 0.3 is 0 Å². The predicted molar refractivity (Wildman–Crippen MR) is 170 cm³/mol. The van der Waals surface area contributed by atoms with Crippen molar-refractivity contribution in [3.8, 4) is 0 Å². The molecule has 0 aromatic rings. The Balaban J connectivity index is 4.19. The van der Waals surface area contributed by atoms with Gasteiger partial charge in [0.1, 0.15) is 0 Å². The van der Waals surface area contributed by atoms with E-state index < -0.39 is 28.0 Å². The highest BCUT2D eigenvalue weighted by atomic mass is 32.2. The van der Waals surface area contributed by atoms with Crippen molar-refractivity contribution in [1.82, 2.24) is 5.32 Å². The Kier molecular flexibility index (Phi) is 26.3. The summed E-state index contributed by atoms with van der Waals surface area (Å²) in [5, 5.41) is 13.1. The standard InChI is InChI=1S/C33H59NO5S/c1-3-5-7-9-11-13-15-16-17-18-19-20-22-24-26-28-32(35)31(30-40(37,38)39)34-33(36)29-27-25-23-21-14-12-10-8-6-4-2/h8,10,15-16,19-20,26,28,31-32,35H,3-7,9,11-14,17-18,21-25,27,29-30H2,1-2H3,(H,34,36)(H,37,38,39)/b10-8-,16-15+,20-19+,28-26+. The van der Waals surface area contributed by atoms with E-state index in [2.05, 4.69) is 55.6 Å².